The summed E-state index contributed by atoms with van der Waals surface area (Å²) in [6, 6.07) is -2.47. The molecular formula is C27H47N3O6S. The van der Waals surface area contributed by atoms with E-state index in [2.05, 4.69) is 12.2 Å². The van der Waals surface area contributed by atoms with Gasteiger partial charge in [-0.1, -0.05) is 19.8 Å². The van der Waals surface area contributed by atoms with Crippen LogP contribution in [-0.2, 0) is 28.7 Å². The van der Waals surface area contributed by atoms with E-state index in [1.54, 1.807) is 35.4 Å². The third-order valence-electron chi connectivity index (χ3n) is 6.61. The molecule has 0 aromatic carbocycles. The van der Waals surface area contributed by atoms with Crippen molar-refractivity contribution in [2.45, 2.75) is 116 Å². The maximum absolute atomic E-state index is 13.5. The number of thioether (sulfide) groups is 1. The van der Waals surface area contributed by atoms with Gasteiger partial charge in [-0.05, 0) is 72.5 Å². The Morgan fingerprint density at radius 3 is 2.27 bits per heavy atom. The average Bonchev–Trinajstić information content (AvgIpc) is 3.51. The van der Waals surface area contributed by atoms with E-state index in [-0.39, 0.29) is 24.4 Å². The monoisotopic (exact) mass is 541 g/mol. The van der Waals surface area contributed by atoms with Crippen molar-refractivity contribution in [2.24, 2.45) is 0 Å². The highest BCUT2D eigenvalue weighted by molar-refractivity contribution is 7.99. The van der Waals surface area contributed by atoms with Gasteiger partial charge in [0.15, 0.2) is 0 Å². The first kappa shape index (κ1) is 31.4. The van der Waals surface area contributed by atoms with Crippen molar-refractivity contribution >= 4 is 35.5 Å². The highest BCUT2D eigenvalue weighted by Gasteiger charge is 2.44. The van der Waals surface area contributed by atoms with Crippen LogP contribution < -0.4 is 5.32 Å². The van der Waals surface area contributed by atoms with Crippen molar-refractivity contribution in [3.63, 3.8) is 0 Å². The van der Waals surface area contributed by atoms with Crippen LogP contribution in [-0.4, -0.2) is 94.5 Å². The number of likely N-dealkylation sites (tertiary alicyclic amines) is 2. The highest BCUT2D eigenvalue weighted by atomic mass is 32.2. The number of nitrogens with zero attached hydrogens (tertiary/aromatic N) is 2. The van der Waals surface area contributed by atoms with Crippen LogP contribution in [0.1, 0.15) is 86.5 Å². The molecule has 0 aromatic rings. The predicted molar refractivity (Wildman–Crippen MR) is 145 cm³/mol. The van der Waals surface area contributed by atoms with Gasteiger partial charge in [0.05, 0.1) is 12.6 Å². The summed E-state index contributed by atoms with van der Waals surface area (Å²) in [5.41, 5.74) is -0.630. The molecule has 0 saturated carbocycles. The van der Waals surface area contributed by atoms with E-state index in [0.29, 0.717) is 38.1 Å². The van der Waals surface area contributed by atoms with Crippen LogP contribution in [0.3, 0.4) is 0 Å². The van der Waals surface area contributed by atoms with Gasteiger partial charge in [-0.15, -0.1) is 0 Å². The average molecular weight is 542 g/mol. The van der Waals surface area contributed by atoms with Crippen molar-refractivity contribution in [2.75, 3.05) is 31.2 Å². The number of amides is 2. The van der Waals surface area contributed by atoms with Crippen LogP contribution in [0.5, 0.6) is 0 Å². The fourth-order valence-corrected chi connectivity index (χ4v) is 5.87. The molecule has 0 bridgehead atoms. The van der Waals surface area contributed by atoms with Crippen molar-refractivity contribution in [3.05, 3.63) is 0 Å². The van der Waals surface area contributed by atoms with Gasteiger partial charge in [0.25, 0.3) is 0 Å². The second-order valence-electron chi connectivity index (χ2n) is 10.9. The van der Waals surface area contributed by atoms with Gasteiger partial charge in [-0.3, -0.25) is 19.7 Å². The van der Waals surface area contributed by atoms with Gasteiger partial charge in [0, 0.05) is 18.8 Å². The van der Waals surface area contributed by atoms with Crippen LogP contribution in [0.2, 0.25) is 0 Å². The van der Waals surface area contributed by atoms with E-state index >= 15 is 0 Å². The summed E-state index contributed by atoms with van der Waals surface area (Å²) in [7, 11) is 0. The van der Waals surface area contributed by atoms with E-state index in [1.165, 1.54) is 0 Å². The van der Waals surface area contributed by atoms with Crippen molar-refractivity contribution in [3.8, 4) is 0 Å². The van der Waals surface area contributed by atoms with Gasteiger partial charge < -0.3 is 19.3 Å². The minimum absolute atomic E-state index is 0.195. The number of hydrogen-bond donors (Lipinski definition) is 1. The van der Waals surface area contributed by atoms with E-state index in [4.69, 9.17) is 9.47 Å². The Kier molecular flexibility index (Phi) is 12.7. The fourth-order valence-electron chi connectivity index (χ4n) is 4.83. The summed E-state index contributed by atoms with van der Waals surface area (Å²) in [6.45, 7) is 12.3. The molecule has 0 aliphatic carbocycles. The van der Waals surface area contributed by atoms with Crippen LogP contribution in [0.4, 0.5) is 0 Å². The highest BCUT2D eigenvalue weighted by Crippen LogP contribution is 2.27. The molecule has 2 aliphatic heterocycles. The third kappa shape index (κ3) is 9.46. The lowest BCUT2D eigenvalue weighted by Crippen LogP contribution is -2.56. The molecular weight excluding hydrogens is 494 g/mol. The lowest BCUT2D eigenvalue weighted by atomic mass is 10.1. The molecule has 0 spiro atoms. The summed E-state index contributed by atoms with van der Waals surface area (Å²) in [4.78, 5) is 55.5. The Morgan fingerprint density at radius 2 is 1.65 bits per heavy atom. The van der Waals surface area contributed by atoms with Crippen LogP contribution in [0, 0.1) is 0 Å². The first-order valence-corrected chi connectivity index (χ1v) is 15.0. The summed E-state index contributed by atoms with van der Waals surface area (Å²) in [6.07, 6.45) is 5.94. The fraction of sp³-hybridized carbons (Fsp3) is 0.852. The number of unbranched alkanes of at least 4 members (excludes halogenated alkanes) is 2. The first-order valence-electron chi connectivity index (χ1n) is 13.8. The molecule has 2 aliphatic rings. The van der Waals surface area contributed by atoms with Crippen LogP contribution >= 0.6 is 11.8 Å². The second kappa shape index (κ2) is 15.0. The quantitative estimate of drug-likeness (QED) is 0.280. The molecule has 10 heteroatoms. The smallest absolute Gasteiger partial charge is 0.329 e. The molecule has 9 nitrogen and oxygen atoms in total. The molecule has 0 radical (unpaired) electrons. The van der Waals surface area contributed by atoms with Crippen LogP contribution in [0.25, 0.3) is 0 Å². The maximum Gasteiger partial charge on any atom is 0.329 e. The van der Waals surface area contributed by atoms with Gasteiger partial charge in [0.1, 0.15) is 23.7 Å². The first-order chi connectivity index (χ1) is 17.5. The van der Waals surface area contributed by atoms with E-state index in [0.717, 1.165) is 31.4 Å². The van der Waals surface area contributed by atoms with Crippen molar-refractivity contribution in [1.82, 2.24) is 15.1 Å². The van der Waals surface area contributed by atoms with E-state index in [9.17, 15) is 19.2 Å². The molecule has 2 fully saturated rings. The SMILES string of the molecule is CCCCCSC[C@H](NC(C)C(=O)N1CCC[C@H]1C(=O)N1CCC[C@H]1C(=O)OC(C)(C)C)C(=O)OCC. The molecule has 1 unspecified atom stereocenters. The summed E-state index contributed by atoms with van der Waals surface area (Å²) < 4.78 is 10.8. The number of carbonyl (C=O) groups excluding carboxylic acids is 4. The zero-order valence-corrected chi connectivity index (χ0v) is 24.4. The van der Waals surface area contributed by atoms with Crippen molar-refractivity contribution in [1.29, 1.82) is 0 Å². The van der Waals surface area contributed by atoms with E-state index < -0.39 is 35.7 Å². The number of hydrogen-bond acceptors (Lipinski definition) is 8. The standard InChI is InChI=1S/C27H47N3O6S/c1-7-9-10-17-37-18-20(25(33)35-8-2)28-19(3)23(31)29-15-11-13-21(29)24(32)30-16-12-14-22(30)26(34)36-27(4,5)6/h19-22,28H,7-18H2,1-6H3/t19?,20-,21-,22-/m0/s1. The van der Waals surface area contributed by atoms with Gasteiger partial charge in [-0.2, -0.15) is 11.8 Å². The third-order valence-corrected chi connectivity index (χ3v) is 7.75. The minimum atomic E-state index is -0.653. The predicted octanol–water partition coefficient (Wildman–Crippen LogP) is 3.14. The molecule has 4 atom stereocenters. The van der Waals surface area contributed by atoms with E-state index in [1.807, 2.05) is 20.8 Å². The molecule has 2 rings (SSSR count). The molecule has 1 N–H and O–H groups in total. The molecule has 212 valence electrons. The number of carbonyl (C=O) groups is 4. The number of rotatable bonds is 13. The number of esters is 2. The van der Waals surface area contributed by atoms with Gasteiger partial charge in [0.2, 0.25) is 11.8 Å². The number of ether oxygens (including phenoxy) is 2. The Labute approximate surface area is 226 Å². The van der Waals surface area contributed by atoms with Crippen LogP contribution in [0.15, 0.2) is 0 Å². The molecule has 2 saturated heterocycles. The number of nitrogens with one attached hydrogen (secondary N) is 1. The molecule has 2 heterocycles. The van der Waals surface area contributed by atoms with Gasteiger partial charge >= 0.3 is 11.9 Å². The Bertz CT molecular complexity index is 787. The summed E-state index contributed by atoms with van der Waals surface area (Å²) in [5.74, 6) is 0.308. The lowest BCUT2D eigenvalue weighted by Gasteiger charge is -2.33. The molecule has 2 amide bonds. The largest absolute Gasteiger partial charge is 0.465 e. The summed E-state index contributed by atoms with van der Waals surface area (Å²) in [5, 5.41) is 3.17. The summed E-state index contributed by atoms with van der Waals surface area (Å²) >= 11 is 1.68. The lowest BCUT2D eigenvalue weighted by molar-refractivity contribution is -0.164. The zero-order chi connectivity index (χ0) is 27.6. The maximum atomic E-state index is 13.5. The van der Waals surface area contributed by atoms with Crippen molar-refractivity contribution < 1.29 is 28.7 Å². The Morgan fingerprint density at radius 1 is 1.00 bits per heavy atom. The second-order valence-corrected chi connectivity index (χ2v) is 12.0. The molecule has 0 aromatic heterocycles. The minimum Gasteiger partial charge on any atom is -0.465 e. The zero-order valence-electron chi connectivity index (χ0n) is 23.5. The normalized spacial score (nSPS) is 21.6. The van der Waals surface area contributed by atoms with Gasteiger partial charge in [-0.25, -0.2) is 4.79 Å². The Hall–Kier alpha value is -1.81. The Balaban J connectivity index is 2.03. The topological polar surface area (TPSA) is 105 Å². The molecule has 37 heavy (non-hydrogen) atoms.